The van der Waals surface area contributed by atoms with Gasteiger partial charge >= 0.3 is 0 Å². The van der Waals surface area contributed by atoms with Crippen molar-refractivity contribution in [2.24, 2.45) is 0 Å². The number of nitrogens with one attached hydrogen (secondary N) is 3. The minimum Gasteiger partial charge on any atom is -0.494 e. The van der Waals surface area contributed by atoms with Gasteiger partial charge in [-0.25, -0.2) is 13.4 Å². The summed E-state index contributed by atoms with van der Waals surface area (Å²) in [5, 5.41) is 16.2. The number of para-hydroxylation sites is 2. The molecule has 1 saturated heterocycles. The van der Waals surface area contributed by atoms with Crippen LogP contribution in [-0.2, 0) is 10.0 Å². The van der Waals surface area contributed by atoms with Crippen molar-refractivity contribution in [2.45, 2.75) is 18.9 Å². The number of rotatable bonds is 9. The molecule has 12 nitrogen and oxygen atoms in total. The number of aliphatic hydroxyl groups excluding tert-OH is 1. The molecule has 1 amide bonds. The summed E-state index contributed by atoms with van der Waals surface area (Å²) in [6.07, 6.45) is 5.06. The molecule has 2 aromatic carbocycles. The van der Waals surface area contributed by atoms with Gasteiger partial charge in [-0.05, 0) is 49.2 Å². The highest BCUT2D eigenvalue weighted by molar-refractivity contribution is 7.92. The van der Waals surface area contributed by atoms with Gasteiger partial charge in [-0.1, -0.05) is 23.7 Å². The first-order chi connectivity index (χ1) is 20.1. The van der Waals surface area contributed by atoms with E-state index in [0.717, 1.165) is 11.9 Å². The lowest BCUT2D eigenvalue weighted by molar-refractivity contribution is 0.0540. The number of anilines is 5. The third-order valence-corrected chi connectivity index (χ3v) is 7.52. The molecule has 0 bridgehead atoms. The molecule has 3 heterocycles. The summed E-state index contributed by atoms with van der Waals surface area (Å²) in [7, 11) is -1.97. The normalized spacial score (nSPS) is 14.0. The maximum atomic E-state index is 13.2. The summed E-state index contributed by atoms with van der Waals surface area (Å²) in [6, 6.07) is 15.8. The van der Waals surface area contributed by atoms with E-state index in [9.17, 15) is 18.3 Å². The van der Waals surface area contributed by atoms with E-state index < -0.39 is 10.0 Å². The summed E-state index contributed by atoms with van der Waals surface area (Å²) >= 11 is 6.35. The molecule has 0 radical (unpaired) electrons. The number of aromatic nitrogens is 3. The summed E-state index contributed by atoms with van der Waals surface area (Å²) in [5.74, 6) is 0.853. The zero-order chi connectivity index (χ0) is 29.9. The molecule has 2 aromatic heterocycles. The second-order valence-corrected chi connectivity index (χ2v) is 11.9. The quantitative estimate of drug-likeness (QED) is 0.216. The number of carbonyl (C=O) groups is 1. The van der Waals surface area contributed by atoms with Gasteiger partial charge in [0.2, 0.25) is 16.0 Å². The number of halogens is 1. The number of sulfonamides is 1. The second-order valence-electron chi connectivity index (χ2n) is 9.73. The number of nitrogens with zero attached hydrogens (tertiary/aromatic N) is 4. The molecule has 220 valence electrons. The first-order valence-corrected chi connectivity index (χ1v) is 15.3. The smallest absolute Gasteiger partial charge is 0.270 e. The Labute approximate surface area is 248 Å². The average Bonchev–Trinajstić information content (AvgIpc) is 3.45. The summed E-state index contributed by atoms with van der Waals surface area (Å²) in [4.78, 5) is 23.7. The Morgan fingerprint density at radius 1 is 1.05 bits per heavy atom. The number of amides is 1. The second kappa shape index (κ2) is 12.3. The summed E-state index contributed by atoms with van der Waals surface area (Å²) in [6.45, 7) is 1.02. The van der Waals surface area contributed by atoms with E-state index in [1.807, 2.05) is 18.3 Å². The fourth-order valence-electron chi connectivity index (χ4n) is 4.59. The van der Waals surface area contributed by atoms with E-state index >= 15 is 0 Å². The van der Waals surface area contributed by atoms with Crippen LogP contribution in [0.1, 0.15) is 23.3 Å². The topological polar surface area (TPSA) is 151 Å². The van der Waals surface area contributed by atoms with Gasteiger partial charge in [0.05, 0.1) is 42.7 Å². The van der Waals surface area contributed by atoms with Crippen molar-refractivity contribution in [3.8, 4) is 11.4 Å². The number of methoxy groups -OCH3 is 1. The van der Waals surface area contributed by atoms with Crippen LogP contribution in [0.2, 0.25) is 5.02 Å². The molecule has 14 heteroatoms. The standard InChI is InChI=1S/C28H30ClN7O5S/c1-41-25-16-18(36-13-5-8-24(36)27(38)35-14-11-19(37)12-15-35)9-10-23(25)32-28-30-17-20(29)26(33-28)31-21-6-3-4-7-22(21)34-42(2,39)40/h3-10,13,16-17,19,34,37H,11-12,14-15H2,1-2H3,(H2,30,31,32,33). The Balaban J connectivity index is 1.37. The lowest BCUT2D eigenvalue weighted by Crippen LogP contribution is -2.40. The first kappa shape index (κ1) is 29.2. The fraction of sp³-hybridized carbons (Fsp3) is 0.250. The number of benzene rings is 2. The van der Waals surface area contributed by atoms with Crippen LogP contribution >= 0.6 is 11.6 Å². The van der Waals surface area contributed by atoms with Crippen molar-refractivity contribution >= 4 is 56.4 Å². The van der Waals surface area contributed by atoms with E-state index in [1.165, 1.54) is 13.3 Å². The minimum absolute atomic E-state index is 0.101. The van der Waals surface area contributed by atoms with E-state index in [0.29, 0.717) is 54.4 Å². The van der Waals surface area contributed by atoms with Crippen molar-refractivity contribution in [1.82, 2.24) is 19.4 Å². The van der Waals surface area contributed by atoms with Crippen LogP contribution in [0.15, 0.2) is 67.0 Å². The lowest BCUT2D eigenvalue weighted by Gasteiger charge is -2.29. The molecule has 4 N–H and O–H groups in total. The van der Waals surface area contributed by atoms with Crippen LogP contribution in [0.4, 0.5) is 28.8 Å². The van der Waals surface area contributed by atoms with Crippen molar-refractivity contribution in [1.29, 1.82) is 0 Å². The zero-order valence-corrected chi connectivity index (χ0v) is 24.5. The third-order valence-electron chi connectivity index (χ3n) is 6.65. The molecule has 1 aliphatic heterocycles. The highest BCUT2D eigenvalue weighted by Gasteiger charge is 2.24. The number of hydrogen-bond acceptors (Lipinski definition) is 9. The van der Waals surface area contributed by atoms with Crippen molar-refractivity contribution in [2.75, 3.05) is 41.8 Å². The maximum absolute atomic E-state index is 13.2. The van der Waals surface area contributed by atoms with Gasteiger partial charge < -0.3 is 29.9 Å². The first-order valence-electron chi connectivity index (χ1n) is 13.1. The highest BCUT2D eigenvalue weighted by Crippen LogP contribution is 2.33. The van der Waals surface area contributed by atoms with Gasteiger partial charge in [0.15, 0.2) is 5.82 Å². The molecule has 5 rings (SSSR count). The van der Waals surface area contributed by atoms with Gasteiger partial charge in [0.1, 0.15) is 16.5 Å². The molecular formula is C28H30ClN7O5S. The SMILES string of the molecule is COc1cc(-n2cccc2C(=O)N2CCC(O)CC2)ccc1Nc1ncc(Cl)c(Nc2ccccc2NS(C)(=O)=O)n1. The Hall–Kier alpha value is -4.33. The minimum atomic E-state index is -3.51. The van der Waals surface area contributed by atoms with E-state index in [-0.39, 0.29) is 28.8 Å². The zero-order valence-electron chi connectivity index (χ0n) is 22.9. The van der Waals surface area contributed by atoms with Gasteiger partial charge in [-0.15, -0.1) is 0 Å². The monoisotopic (exact) mass is 611 g/mol. The molecular weight excluding hydrogens is 582 g/mol. The average molecular weight is 612 g/mol. The predicted molar refractivity (Wildman–Crippen MR) is 162 cm³/mol. The van der Waals surface area contributed by atoms with Crippen molar-refractivity contribution in [3.05, 3.63) is 77.7 Å². The molecule has 42 heavy (non-hydrogen) atoms. The van der Waals surface area contributed by atoms with E-state index in [1.54, 1.807) is 51.9 Å². The largest absolute Gasteiger partial charge is 0.494 e. The Kier molecular flexibility index (Phi) is 8.52. The molecule has 0 saturated carbocycles. The highest BCUT2D eigenvalue weighted by atomic mass is 35.5. The molecule has 4 aromatic rings. The predicted octanol–water partition coefficient (Wildman–Crippen LogP) is 4.38. The summed E-state index contributed by atoms with van der Waals surface area (Å²) < 4.78 is 33.5. The van der Waals surface area contributed by atoms with Crippen LogP contribution in [0.5, 0.6) is 5.75 Å². The van der Waals surface area contributed by atoms with E-state index in [2.05, 4.69) is 25.3 Å². The molecule has 1 aliphatic rings. The van der Waals surface area contributed by atoms with Crippen LogP contribution in [0, 0.1) is 0 Å². The maximum Gasteiger partial charge on any atom is 0.270 e. The number of ether oxygens (including phenoxy) is 1. The molecule has 0 aliphatic carbocycles. The molecule has 0 unspecified atom stereocenters. The Bertz CT molecular complexity index is 1700. The van der Waals surface area contributed by atoms with Crippen molar-refractivity contribution in [3.63, 3.8) is 0 Å². The van der Waals surface area contributed by atoms with Crippen molar-refractivity contribution < 1.29 is 23.1 Å². The van der Waals surface area contributed by atoms with Gasteiger partial charge in [0, 0.05) is 31.0 Å². The molecule has 0 spiro atoms. The number of hydrogen-bond donors (Lipinski definition) is 4. The number of carbonyl (C=O) groups excluding carboxylic acids is 1. The number of piperidine rings is 1. The van der Waals surface area contributed by atoms with Gasteiger partial charge in [-0.2, -0.15) is 4.98 Å². The van der Waals surface area contributed by atoms with Gasteiger partial charge in [0.25, 0.3) is 5.91 Å². The number of likely N-dealkylation sites (tertiary alicyclic amines) is 1. The molecule has 0 atom stereocenters. The van der Waals surface area contributed by atoms with Crippen LogP contribution in [-0.4, -0.2) is 71.4 Å². The van der Waals surface area contributed by atoms with Crippen LogP contribution in [0.3, 0.4) is 0 Å². The van der Waals surface area contributed by atoms with Gasteiger partial charge in [-0.3, -0.25) is 9.52 Å². The number of aliphatic hydroxyl groups is 1. The Morgan fingerprint density at radius 3 is 2.50 bits per heavy atom. The third kappa shape index (κ3) is 6.75. The van der Waals surface area contributed by atoms with Crippen LogP contribution < -0.4 is 20.1 Å². The fourth-order valence-corrected chi connectivity index (χ4v) is 5.30. The lowest BCUT2D eigenvalue weighted by atomic mass is 10.1. The molecule has 1 fully saturated rings. The summed E-state index contributed by atoms with van der Waals surface area (Å²) in [5.41, 5.74) is 2.59. The van der Waals surface area contributed by atoms with E-state index in [4.69, 9.17) is 16.3 Å². The van der Waals surface area contributed by atoms with Crippen LogP contribution in [0.25, 0.3) is 5.69 Å². The Morgan fingerprint density at radius 2 is 1.79 bits per heavy atom.